The van der Waals surface area contributed by atoms with Gasteiger partial charge in [-0.1, -0.05) is 18.2 Å². The fourth-order valence-electron chi connectivity index (χ4n) is 2.62. The van der Waals surface area contributed by atoms with E-state index in [1.54, 1.807) is 10.7 Å². The first-order chi connectivity index (χ1) is 9.25. The second kappa shape index (κ2) is 5.01. The molecule has 0 spiro atoms. The first-order valence-electron chi connectivity index (χ1n) is 6.52. The van der Waals surface area contributed by atoms with Crippen molar-refractivity contribution in [3.8, 4) is 0 Å². The number of benzene rings is 1. The van der Waals surface area contributed by atoms with Gasteiger partial charge in [-0.05, 0) is 18.9 Å². The molecule has 100 valence electrons. The zero-order valence-corrected chi connectivity index (χ0v) is 10.6. The maximum atomic E-state index is 11.2. The quantitative estimate of drug-likeness (QED) is 0.918. The lowest BCUT2D eigenvalue weighted by atomic mass is 10.0. The molecular formula is C14H16N2O3. The van der Waals surface area contributed by atoms with Crippen LogP contribution >= 0.6 is 0 Å². The van der Waals surface area contributed by atoms with Crippen molar-refractivity contribution < 1.29 is 14.6 Å². The lowest BCUT2D eigenvalue weighted by Crippen LogP contribution is -2.22. The fourth-order valence-corrected chi connectivity index (χ4v) is 2.62. The number of carboxylic acid groups (broad SMARTS) is 1. The monoisotopic (exact) mass is 260 g/mol. The molecule has 1 unspecified atom stereocenters. The Morgan fingerprint density at radius 2 is 2.32 bits per heavy atom. The Morgan fingerprint density at radius 1 is 1.47 bits per heavy atom. The Balaban J connectivity index is 1.96. The van der Waals surface area contributed by atoms with Gasteiger partial charge in [0.25, 0.3) is 0 Å². The normalized spacial score (nSPS) is 19.7. The van der Waals surface area contributed by atoms with Crippen molar-refractivity contribution in [2.45, 2.75) is 19.4 Å². The van der Waals surface area contributed by atoms with E-state index in [9.17, 15) is 9.90 Å². The summed E-state index contributed by atoms with van der Waals surface area (Å²) in [7, 11) is 0. The molecular weight excluding hydrogens is 244 g/mol. The molecule has 0 radical (unpaired) electrons. The Morgan fingerprint density at radius 3 is 3.05 bits per heavy atom. The molecule has 1 N–H and O–H groups in total. The number of hydrogen-bond acceptors (Lipinski definition) is 3. The van der Waals surface area contributed by atoms with Gasteiger partial charge in [0.2, 0.25) is 0 Å². The van der Waals surface area contributed by atoms with Crippen LogP contribution in [-0.2, 0) is 11.3 Å². The highest BCUT2D eigenvalue weighted by Crippen LogP contribution is 2.22. The molecule has 1 saturated heterocycles. The van der Waals surface area contributed by atoms with Crippen molar-refractivity contribution >= 4 is 16.9 Å². The van der Waals surface area contributed by atoms with Crippen molar-refractivity contribution in [1.82, 2.24) is 9.78 Å². The van der Waals surface area contributed by atoms with E-state index < -0.39 is 5.97 Å². The minimum Gasteiger partial charge on any atom is -0.476 e. The molecule has 0 amide bonds. The standard InChI is InChI=1S/C14H16N2O3/c17-14(18)13-11-5-1-2-6-12(11)16(15-13)8-10-4-3-7-19-9-10/h1-2,5-6,10H,3-4,7-9H2,(H,17,18). The van der Waals surface area contributed by atoms with Crippen LogP contribution < -0.4 is 0 Å². The van der Waals surface area contributed by atoms with Gasteiger partial charge in [-0.15, -0.1) is 0 Å². The van der Waals surface area contributed by atoms with Crippen LogP contribution in [0.25, 0.3) is 10.9 Å². The summed E-state index contributed by atoms with van der Waals surface area (Å²) in [6.07, 6.45) is 2.17. The van der Waals surface area contributed by atoms with Gasteiger partial charge >= 0.3 is 5.97 Å². The number of fused-ring (bicyclic) bond motifs is 1. The van der Waals surface area contributed by atoms with Gasteiger partial charge in [0.1, 0.15) is 0 Å². The van der Waals surface area contributed by atoms with Crippen molar-refractivity contribution in [3.63, 3.8) is 0 Å². The zero-order chi connectivity index (χ0) is 13.2. The van der Waals surface area contributed by atoms with Crippen LogP contribution in [0.4, 0.5) is 0 Å². The largest absolute Gasteiger partial charge is 0.476 e. The molecule has 1 atom stereocenters. The van der Waals surface area contributed by atoms with Crippen LogP contribution in [0.15, 0.2) is 24.3 Å². The predicted octanol–water partition coefficient (Wildman–Crippen LogP) is 2.16. The number of hydrogen-bond donors (Lipinski definition) is 1. The van der Waals surface area contributed by atoms with Crippen LogP contribution in [0.5, 0.6) is 0 Å². The number of carboxylic acids is 1. The van der Waals surface area contributed by atoms with Crippen LogP contribution in [0.3, 0.4) is 0 Å². The summed E-state index contributed by atoms with van der Waals surface area (Å²) in [4.78, 5) is 11.2. The average Bonchev–Trinajstić information content (AvgIpc) is 2.79. The van der Waals surface area contributed by atoms with Crippen LogP contribution in [0.2, 0.25) is 0 Å². The van der Waals surface area contributed by atoms with Crippen LogP contribution in [-0.4, -0.2) is 34.1 Å². The number of nitrogens with zero attached hydrogens (tertiary/aromatic N) is 2. The Labute approximate surface area is 110 Å². The van der Waals surface area contributed by atoms with Gasteiger partial charge in [-0.3, -0.25) is 4.68 Å². The van der Waals surface area contributed by atoms with E-state index in [0.29, 0.717) is 17.8 Å². The number of ether oxygens (including phenoxy) is 1. The van der Waals surface area contributed by atoms with Gasteiger partial charge in [0.15, 0.2) is 5.69 Å². The second-order valence-electron chi connectivity index (χ2n) is 4.94. The molecule has 0 saturated carbocycles. The van der Waals surface area contributed by atoms with Gasteiger partial charge < -0.3 is 9.84 Å². The predicted molar refractivity (Wildman–Crippen MR) is 70.2 cm³/mol. The summed E-state index contributed by atoms with van der Waals surface area (Å²) >= 11 is 0. The van der Waals surface area contributed by atoms with E-state index in [1.165, 1.54) is 0 Å². The Hall–Kier alpha value is -1.88. The third-order valence-electron chi connectivity index (χ3n) is 3.55. The Bertz CT molecular complexity index is 600. The van der Waals surface area contributed by atoms with E-state index in [0.717, 1.165) is 31.6 Å². The van der Waals surface area contributed by atoms with Crippen molar-refractivity contribution in [2.75, 3.05) is 13.2 Å². The third kappa shape index (κ3) is 2.33. The zero-order valence-electron chi connectivity index (χ0n) is 10.6. The summed E-state index contributed by atoms with van der Waals surface area (Å²) in [5.74, 6) is -0.562. The van der Waals surface area contributed by atoms with Crippen LogP contribution in [0.1, 0.15) is 23.3 Å². The molecule has 19 heavy (non-hydrogen) atoms. The molecule has 0 aliphatic carbocycles. The van der Waals surface area contributed by atoms with E-state index in [1.807, 2.05) is 18.2 Å². The second-order valence-corrected chi connectivity index (χ2v) is 4.94. The number of carbonyl (C=O) groups is 1. The molecule has 1 aliphatic heterocycles. The molecule has 1 aromatic heterocycles. The molecule has 3 rings (SSSR count). The van der Waals surface area contributed by atoms with Crippen molar-refractivity contribution in [3.05, 3.63) is 30.0 Å². The van der Waals surface area contributed by atoms with Crippen molar-refractivity contribution in [2.24, 2.45) is 5.92 Å². The number of rotatable bonds is 3. The summed E-state index contributed by atoms with van der Waals surface area (Å²) in [5, 5.41) is 14.1. The summed E-state index contributed by atoms with van der Waals surface area (Å²) in [6, 6.07) is 7.46. The molecule has 1 aliphatic rings. The lowest BCUT2D eigenvalue weighted by Gasteiger charge is -2.22. The summed E-state index contributed by atoms with van der Waals surface area (Å²) < 4.78 is 7.27. The highest BCUT2D eigenvalue weighted by atomic mass is 16.5. The molecule has 1 aromatic carbocycles. The average molecular weight is 260 g/mol. The smallest absolute Gasteiger partial charge is 0.357 e. The highest BCUT2D eigenvalue weighted by Gasteiger charge is 2.19. The van der Waals surface area contributed by atoms with E-state index in [-0.39, 0.29) is 5.69 Å². The maximum Gasteiger partial charge on any atom is 0.357 e. The van der Waals surface area contributed by atoms with Crippen LogP contribution in [0, 0.1) is 5.92 Å². The van der Waals surface area contributed by atoms with Gasteiger partial charge in [0, 0.05) is 24.5 Å². The molecule has 5 nitrogen and oxygen atoms in total. The SMILES string of the molecule is O=C(O)c1nn(CC2CCCOC2)c2ccccc12. The molecule has 5 heteroatoms. The number of aromatic nitrogens is 2. The van der Waals surface area contributed by atoms with Gasteiger partial charge in [0.05, 0.1) is 12.1 Å². The molecule has 2 aromatic rings. The minimum atomic E-state index is -0.977. The van der Waals surface area contributed by atoms with E-state index in [4.69, 9.17) is 4.74 Å². The summed E-state index contributed by atoms with van der Waals surface area (Å²) in [5.41, 5.74) is 1.01. The maximum absolute atomic E-state index is 11.2. The molecule has 2 heterocycles. The Kier molecular flexibility index (Phi) is 3.21. The van der Waals surface area contributed by atoms with E-state index in [2.05, 4.69) is 5.10 Å². The molecule has 0 bridgehead atoms. The summed E-state index contributed by atoms with van der Waals surface area (Å²) in [6.45, 7) is 2.28. The fraction of sp³-hybridized carbons (Fsp3) is 0.429. The minimum absolute atomic E-state index is 0.132. The van der Waals surface area contributed by atoms with Gasteiger partial charge in [-0.2, -0.15) is 5.10 Å². The topological polar surface area (TPSA) is 64.3 Å². The van der Waals surface area contributed by atoms with Crippen molar-refractivity contribution in [1.29, 1.82) is 0 Å². The first-order valence-corrected chi connectivity index (χ1v) is 6.52. The van der Waals surface area contributed by atoms with Gasteiger partial charge in [-0.25, -0.2) is 4.79 Å². The third-order valence-corrected chi connectivity index (χ3v) is 3.55. The van der Waals surface area contributed by atoms with E-state index >= 15 is 0 Å². The lowest BCUT2D eigenvalue weighted by molar-refractivity contribution is 0.0473. The number of aromatic carboxylic acids is 1. The highest BCUT2D eigenvalue weighted by molar-refractivity contribution is 6.01. The molecule has 1 fully saturated rings. The number of para-hydroxylation sites is 1. The first kappa shape index (κ1) is 12.2.